The number of aliphatic hydroxyl groups is 1. The summed E-state index contributed by atoms with van der Waals surface area (Å²) in [6, 6.07) is -1.11. The molecule has 7 heteroatoms. The first-order valence-corrected chi connectivity index (χ1v) is 4.41. The molecule has 7 nitrogen and oxygen atoms in total. The van der Waals surface area contributed by atoms with Gasteiger partial charge in [-0.3, -0.25) is 10.2 Å². The zero-order chi connectivity index (χ0) is 12.1. The summed E-state index contributed by atoms with van der Waals surface area (Å²) < 4.78 is 4.88. The van der Waals surface area contributed by atoms with Gasteiger partial charge in [0.1, 0.15) is 11.6 Å². The number of nitrogens with one attached hydrogen (secondary N) is 2. The summed E-state index contributed by atoms with van der Waals surface area (Å²) in [6.07, 6.45) is -0.787. The van der Waals surface area contributed by atoms with E-state index in [-0.39, 0.29) is 0 Å². The second-order valence-electron chi connectivity index (χ2n) is 3.89. The van der Waals surface area contributed by atoms with Gasteiger partial charge < -0.3 is 15.2 Å². The first-order chi connectivity index (χ1) is 6.80. The maximum Gasteiger partial charge on any atom is 0.408 e. The highest BCUT2D eigenvalue weighted by Crippen LogP contribution is 2.06. The van der Waals surface area contributed by atoms with Gasteiger partial charge in [0.25, 0.3) is 5.91 Å². The van der Waals surface area contributed by atoms with Crippen LogP contribution in [0.3, 0.4) is 0 Å². The van der Waals surface area contributed by atoms with Crippen LogP contribution in [-0.4, -0.2) is 35.4 Å². The van der Waals surface area contributed by atoms with E-state index >= 15 is 0 Å². The summed E-state index contributed by atoms with van der Waals surface area (Å²) in [5.74, 6) is 4.16. The van der Waals surface area contributed by atoms with Crippen molar-refractivity contribution in [2.75, 3.05) is 6.61 Å². The van der Waals surface area contributed by atoms with E-state index in [1.165, 1.54) is 0 Å². The van der Waals surface area contributed by atoms with Gasteiger partial charge in [0.2, 0.25) is 0 Å². The molecule has 2 amide bonds. The number of alkyl carbamates (subject to hydrolysis) is 1. The third-order valence-corrected chi connectivity index (χ3v) is 1.33. The van der Waals surface area contributed by atoms with Gasteiger partial charge in [-0.05, 0) is 20.8 Å². The molecule has 5 N–H and O–H groups in total. The van der Waals surface area contributed by atoms with E-state index in [9.17, 15) is 9.59 Å². The molecule has 0 spiro atoms. The molecule has 88 valence electrons. The van der Waals surface area contributed by atoms with Gasteiger partial charge in [-0.2, -0.15) is 0 Å². The highest BCUT2D eigenvalue weighted by atomic mass is 16.6. The van der Waals surface area contributed by atoms with Crippen LogP contribution in [0.25, 0.3) is 0 Å². The average molecular weight is 219 g/mol. The normalized spacial score (nSPS) is 12.9. The molecule has 0 heterocycles. The molecule has 0 radical (unpaired) electrons. The molecule has 0 aliphatic rings. The number of nitrogens with two attached hydrogens (primary N) is 1. The fraction of sp³-hybridized carbons (Fsp3) is 0.750. The number of amides is 2. The van der Waals surface area contributed by atoms with Gasteiger partial charge in [0.05, 0.1) is 6.61 Å². The van der Waals surface area contributed by atoms with Crippen LogP contribution in [-0.2, 0) is 9.53 Å². The number of hydrazine groups is 1. The molecule has 0 fully saturated rings. The monoisotopic (exact) mass is 219 g/mol. The van der Waals surface area contributed by atoms with E-state index in [4.69, 9.17) is 15.7 Å². The number of hydrogen-bond donors (Lipinski definition) is 4. The molecule has 1 unspecified atom stereocenters. The van der Waals surface area contributed by atoms with Crippen molar-refractivity contribution in [1.29, 1.82) is 0 Å². The highest BCUT2D eigenvalue weighted by molar-refractivity contribution is 5.85. The Morgan fingerprint density at radius 1 is 1.47 bits per heavy atom. The van der Waals surface area contributed by atoms with E-state index in [0.717, 1.165) is 0 Å². The zero-order valence-electron chi connectivity index (χ0n) is 9.03. The molecule has 0 aromatic rings. The van der Waals surface area contributed by atoms with Gasteiger partial charge in [-0.1, -0.05) is 0 Å². The van der Waals surface area contributed by atoms with Crippen LogP contribution in [0.1, 0.15) is 20.8 Å². The second-order valence-corrected chi connectivity index (χ2v) is 3.89. The van der Waals surface area contributed by atoms with E-state index in [2.05, 4.69) is 5.32 Å². The number of aliphatic hydroxyl groups excluding tert-OH is 1. The average Bonchev–Trinajstić information content (AvgIpc) is 2.10. The third kappa shape index (κ3) is 5.87. The van der Waals surface area contributed by atoms with Crippen LogP contribution in [0.15, 0.2) is 0 Å². The van der Waals surface area contributed by atoms with Crippen molar-refractivity contribution in [3.8, 4) is 0 Å². The molecule has 0 saturated carbocycles. The summed E-state index contributed by atoms with van der Waals surface area (Å²) in [5, 5.41) is 11.0. The molecule has 1 atom stereocenters. The number of rotatable bonds is 3. The topological polar surface area (TPSA) is 114 Å². The van der Waals surface area contributed by atoms with Gasteiger partial charge in [0.15, 0.2) is 0 Å². The molecule has 0 rings (SSSR count). The number of carbonyl (C=O) groups is 2. The Bertz CT molecular complexity index is 237. The van der Waals surface area contributed by atoms with Gasteiger partial charge in [-0.25, -0.2) is 10.6 Å². The molecule has 0 aromatic heterocycles. The molecule has 0 bridgehead atoms. The Hall–Kier alpha value is -1.34. The van der Waals surface area contributed by atoms with Crippen molar-refractivity contribution in [3.05, 3.63) is 0 Å². The van der Waals surface area contributed by atoms with Crippen LogP contribution in [0.4, 0.5) is 4.79 Å². The fourth-order valence-electron chi connectivity index (χ4n) is 0.745. The smallest absolute Gasteiger partial charge is 0.408 e. The van der Waals surface area contributed by atoms with Crippen LogP contribution < -0.4 is 16.6 Å². The SMILES string of the molecule is CC(C)(C)OC(=O)NC(CO)C(=O)NN. The minimum atomic E-state index is -1.11. The maximum atomic E-state index is 11.2. The molecule has 0 saturated heterocycles. The van der Waals surface area contributed by atoms with Crippen LogP contribution in [0.2, 0.25) is 0 Å². The Morgan fingerprint density at radius 3 is 2.33 bits per heavy atom. The quantitative estimate of drug-likeness (QED) is 0.272. The standard InChI is InChI=1S/C8H17N3O4/c1-8(2,3)15-7(14)10-5(4-12)6(13)11-9/h5,12H,4,9H2,1-3H3,(H,10,14)(H,11,13). The van der Waals surface area contributed by atoms with Crippen molar-refractivity contribution in [1.82, 2.24) is 10.7 Å². The molecule has 0 aliphatic heterocycles. The molecule has 0 aromatic carbocycles. The summed E-state index contributed by atoms with van der Waals surface area (Å²) in [7, 11) is 0. The molecular formula is C8H17N3O4. The predicted molar refractivity (Wildman–Crippen MR) is 52.6 cm³/mol. The fourth-order valence-corrected chi connectivity index (χ4v) is 0.745. The van der Waals surface area contributed by atoms with E-state index < -0.39 is 30.3 Å². The van der Waals surface area contributed by atoms with Gasteiger partial charge >= 0.3 is 6.09 Å². The zero-order valence-corrected chi connectivity index (χ0v) is 9.03. The molecule has 15 heavy (non-hydrogen) atoms. The van der Waals surface area contributed by atoms with Crippen LogP contribution in [0, 0.1) is 0 Å². The van der Waals surface area contributed by atoms with E-state index in [0.29, 0.717) is 0 Å². The minimum absolute atomic E-state index is 0.553. The third-order valence-electron chi connectivity index (χ3n) is 1.33. The predicted octanol–water partition coefficient (Wildman–Crippen LogP) is -1.14. The van der Waals surface area contributed by atoms with Crippen molar-refractivity contribution >= 4 is 12.0 Å². The molecular weight excluding hydrogens is 202 g/mol. The summed E-state index contributed by atoms with van der Waals surface area (Å²) >= 11 is 0. The van der Waals surface area contributed by atoms with Gasteiger partial charge in [0, 0.05) is 0 Å². The van der Waals surface area contributed by atoms with Crippen molar-refractivity contribution in [3.63, 3.8) is 0 Å². The van der Waals surface area contributed by atoms with E-state index in [1.807, 2.05) is 5.43 Å². The number of carbonyl (C=O) groups excluding carboxylic acids is 2. The first-order valence-electron chi connectivity index (χ1n) is 4.41. The van der Waals surface area contributed by atoms with Crippen molar-refractivity contribution < 1.29 is 19.4 Å². The number of ether oxygens (including phenoxy) is 1. The van der Waals surface area contributed by atoms with Crippen LogP contribution in [0.5, 0.6) is 0 Å². The van der Waals surface area contributed by atoms with Crippen molar-refractivity contribution in [2.24, 2.45) is 5.84 Å². The summed E-state index contributed by atoms with van der Waals surface area (Å²) in [5.41, 5.74) is 1.15. The summed E-state index contributed by atoms with van der Waals surface area (Å²) in [6.45, 7) is 4.50. The maximum absolute atomic E-state index is 11.2. The summed E-state index contributed by atoms with van der Waals surface area (Å²) in [4.78, 5) is 22.2. The lowest BCUT2D eigenvalue weighted by atomic mass is 10.2. The Morgan fingerprint density at radius 2 is 2.00 bits per heavy atom. The lowest BCUT2D eigenvalue weighted by Gasteiger charge is -2.21. The number of hydrogen-bond acceptors (Lipinski definition) is 5. The van der Waals surface area contributed by atoms with E-state index in [1.54, 1.807) is 20.8 Å². The second kappa shape index (κ2) is 5.52. The lowest BCUT2D eigenvalue weighted by molar-refractivity contribution is -0.124. The van der Waals surface area contributed by atoms with Crippen molar-refractivity contribution in [2.45, 2.75) is 32.4 Å². The van der Waals surface area contributed by atoms with Gasteiger partial charge in [-0.15, -0.1) is 0 Å². The highest BCUT2D eigenvalue weighted by Gasteiger charge is 2.22. The largest absolute Gasteiger partial charge is 0.444 e. The molecule has 0 aliphatic carbocycles. The Kier molecular flexibility index (Phi) is 5.03. The Balaban J connectivity index is 4.20. The Labute approximate surface area is 87.9 Å². The minimum Gasteiger partial charge on any atom is -0.444 e. The lowest BCUT2D eigenvalue weighted by Crippen LogP contribution is -2.51. The first kappa shape index (κ1) is 13.7. The van der Waals surface area contributed by atoms with Crippen LogP contribution >= 0.6 is 0 Å².